The molecular formula is C16H24ClN3O2. The minimum Gasteiger partial charge on any atom is -0.370 e. The highest BCUT2D eigenvalue weighted by molar-refractivity contribution is 5.95. The Bertz CT molecular complexity index is 518. The van der Waals surface area contributed by atoms with Crippen LogP contribution in [-0.2, 0) is 9.59 Å². The number of benzene rings is 1. The van der Waals surface area contributed by atoms with E-state index in [4.69, 9.17) is 5.73 Å². The number of nitrogens with two attached hydrogens (primary N) is 1. The van der Waals surface area contributed by atoms with Gasteiger partial charge in [0.15, 0.2) is 0 Å². The van der Waals surface area contributed by atoms with Gasteiger partial charge in [-0.3, -0.25) is 9.59 Å². The summed E-state index contributed by atoms with van der Waals surface area (Å²) in [4.78, 5) is 25.0. The molecule has 1 aliphatic carbocycles. The highest BCUT2D eigenvalue weighted by Crippen LogP contribution is 2.27. The summed E-state index contributed by atoms with van der Waals surface area (Å²) in [6.45, 7) is 3.49. The molecule has 0 atom stereocenters. The number of carbonyl (C=O) groups excluding carboxylic acids is 2. The fraction of sp³-hybridized carbons (Fsp3) is 0.500. The van der Waals surface area contributed by atoms with E-state index in [1.54, 1.807) is 4.90 Å². The van der Waals surface area contributed by atoms with Crippen LogP contribution in [0.2, 0.25) is 0 Å². The van der Waals surface area contributed by atoms with Crippen LogP contribution >= 0.6 is 12.4 Å². The van der Waals surface area contributed by atoms with Crippen molar-refractivity contribution in [2.75, 3.05) is 24.5 Å². The highest BCUT2D eigenvalue weighted by atomic mass is 35.5. The molecule has 0 aliphatic heterocycles. The van der Waals surface area contributed by atoms with Crippen molar-refractivity contribution in [2.24, 2.45) is 11.7 Å². The summed E-state index contributed by atoms with van der Waals surface area (Å²) in [5, 5.41) is 3.19. The first-order valence-electron chi connectivity index (χ1n) is 7.42. The summed E-state index contributed by atoms with van der Waals surface area (Å²) < 4.78 is 0. The zero-order valence-electron chi connectivity index (χ0n) is 12.9. The van der Waals surface area contributed by atoms with Gasteiger partial charge in [0.2, 0.25) is 11.8 Å². The van der Waals surface area contributed by atoms with Gasteiger partial charge in [-0.1, -0.05) is 12.1 Å². The number of primary amides is 1. The van der Waals surface area contributed by atoms with Crippen LogP contribution in [0, 0.1) is 12.8 Å². The first-order valence-corrected chi connectivity index (χ1v) is 7.42. The van der Waals surface area contributed by atoms with E-state index in [1.807, 2.05) is 31.2 Å². The van der Waals surface area contributed by atoms with E-state index in [0.717, 1.165) is 23.7 Å². The Morgan fingerprint density at radius 3 is 2.68 bits per heavy atom. The molecule has 0 bridgehead atoms. The summed E-state index contributed by atoms with van der Waals surface area (Å²) >= 11 is 0. The van der Waals surface area contributed by atoms with Crippen molar-refractivity contribution in [1.82, 2.24) is 5.32 Å². The van der Waals surface area contributed by atoms with Crippen LogP contribution in [0.5, 0.6) is 0 Å². The zero-order chi connectivity index (χ0) is 15.2. The summed E-state index contributed by atoms with van der Waals surface area (Å²) in [6.07, 6.45) is 2.68. The summed E-state index contributed by atoms with van der Waals surface area (Å²) in [5.74, 6) is 0.310. The van der Waals surface area contributed by atoms with Crippen LogP contribution in [0.15, 0.2) is 24.3 Å². The van der Waals surface area contributed by atoms with E-state index in [-0.39, 0.29) is 24.7 Å². The maximum atomic E-state index is 12.4. The molecule has 122 valence electrons. The van der Waals surface area contributed by atoms with Crippen LogP contribution in [0.3, 0.4) is 0 Å². The van der Waals surface area contributed by atoms with Crippen molar-refractivity contribution in [3.05, 3.63) is 29.8 Å². The molecule has 1 saturated carbocycles. The zero-order valence-corrected chi connectivity index (χ0v) is 13.7. The average molecular weight is 326 g/mol. The number of aryl methyl sites for hydroxylation is 1. The minimum absolute atomic E-state index is 0. The minimum atomic E-state index is -0.397. The first-order chi connectivity index (χ1) is 10.1. The first kappa shape index (κ1) is 18.5. The Morgan fingerprint density at radius 1 is 1.36 bits per heavy atom. The van der Waals surface area contributed by atoms with Gasteiger partial charge in [0.1, 0.15) is 0 Å². The van der Waals surface area contributed by atoms with Gasteiger partial charge in [-0.25, -0.2) is 0 Å². The molecule has 2 rings (SSSR count). The van der Waals surface area contributed by atoms with Gasteiger partial charge in [0.05, 0.1) is 6.54 Å². The lowest BCUT2D eigenvalue weighted by Gasteiger charge is -2.23. The maximum absolute atomic E-state index is 12.4. The molecule has 1 fully saturated rings. The molecule has 1 aromatic rings. The van der Waals surface area contributed by atoms with E-state index in [9.17, 15) is 9.59 Å². The van der Waals surface area contributed by atoms with Crippen molar-refractivity contribution in [3.63, 3.8) is 0 Å². The standard InChI is InChI=1S/C16H23N3O2.ClH/c1-12-3-2-4-14(9-12)19(8-7-15(17)20)16(21)11-18-10-13-5-6-13;/h2-4,9,13,18H,5-8,10-11H2,1H3,(H2,17,20);1H. The molecule has 0 heterocycles. The molecule has 5 nitrogen and oxygen atoms in total. The van der Waals surface area contributed by atoms with Gasteiger partial charge < -0.3 is 16.0 Å². The van der Waals surface area contributed by atoms with Crippen molar-refractivity contribution >= 4 is 29.9 Å². The molecule has 1 aliphatic rings. The van der Waals surface area contributed by atoms with E-state index in [1.165, 1.54) is 12.8 Å². The molecule has 0 spiro atoms. The number of nitrogens with one attached hydrogen (secondary N) is 1. The van der Waals surface area contributed by atoms with Gasteiger partial charge in [-0.15, -0.1) is 12.4 Å². The van der Waals surface area contributed by atoms with Crippen LogP contribution in [0.1, 0.15) is 24.8 Å². The fourth-order valence-corrected chi connectivity index (χ4v) is 2.22. The topological polar surface area (TPSA) is 75.4 Å². The van der Waals surface area contributed by atoms with Crippen LogP contribution in [-0.4, -0.2) is 31.4 Å². The number of amides is 2. The Kier molecular flexibility index (Phi) is 7.35. The number of rotatable bonds is 8. The Hall–Kier alpha value is -1.59. The second kappa shape index (κ2) is 8.76. The highest BCUT2D eigenvalue weighted by Gasteiger charge is 2.22. The molecule has 22 heavy (non-hydrogen) atoms. The second-order valence-corrected chi connectivity index (χ2v) is 5.67. The number of halogens is 1. The summed E-state index contributed by atoms with van der Waals surface area (Å²) in [6, 6.07) is 7.71. The quantitative estimate of drug-likeness (QED) is 0.762. The number of carbonyl (C=O) groups is 2. The molecule has 0 aromatic heterocycles. The van der Waals surface area contributed by atoms with Gasteiger partial charge >= 0.3 is 0 Å². The third-order valence-electron chi connectivity index (χ3n) is 3.60. The third kappa shape index (κ3) is 6.03. The smallest absolute Gasteiger partial charge is 0.240 e. The van der Waals surface area contributed by atoms with Gasteiger partial charge in [-0.05, 0) is 49.9 Å². The number of hydrogen-bond acceptors (Lipinski definition) is 3. The Morgan fingerprint density at radius 2 is 2.09 bits per heavy atom. The van der Waals surface area contributed by atoms with Crippen molar-refractivity contribution in [2.45, 2.75) is 26.2 Å². The molecule has 0 saturated heterocycles. The van der Waals surface area contributed by atoms with Crippen molar-refractivity contribution in [3.8, 4) is 0 Å². The lowest BCUT2D eigenvalue weighted by Crippen LogP contribution is -2.40. The van der Waals surface area contributed by atoms with Gasteiger partial charge in [-0.2, -0.15) is 0 Å². The SMILES string of the molecule is Cc1cccc(N(CCC(N)=O)C(=O)CNCC2CC2)c1.Cl. The Labute approximate surface area is 137 Å². The average Bonchev–Trinajstić information content (AvgIpc) is 3.23. The third-order valence-corrected chi connectivity index (χ3v) is 3.60. The van der Waals surface area contributed by atoms with Crippen LogP contribution in [0.4, 0.5) is 5.69 Å². The largest absolute Gasteiger partial charge is 0.370 e. The van der Waals surface area contributed by atoms with Gasteiger partial charge in [0, 0.05) is 18.7 Å². The number of anilines is 1. The Balaban J connectivity index is 0.00000242. The number of nitrogens with zero attached hydrogens (tertiary/aromatic N) is 1. The van der Waals surface area contributed by atoms with E-state index >= 15 is 0 Å². The number of hydrogen-bond donors (Lipinski definition) is 2. The molecule has 3 N–H and O–H groups in total. The lowest BCUT2D eigenvalue weighted by molar-refractivity contribution is -0.118. The van der Waals surface area contributed by atoms with Crippen molar-refractivity contribution < 1.29 is 9.59 Å². The molecule has 2 amide bonds. The predicted molar refractivity (Wildman–Crippen MR) is 90.2 cm³/mol. The predicted octanol–water partition coefficient (Wildman–Crippen LogP) is 1.62. The van der Waals surface area contributed by atoms with Crippen LogP contribution in [0.25, 0.3) is 0 Å². The normalized spacial score (nSPS) is 13.3. The van der Waals surface area contributed by atoms with Gasteiger partial charge in [0.25, 0.3) is 0 Å². The molecule has 6 heteroatoms. The van der Waals surface area contributed by atoms with Crippen molar-refractivity contribution in [1.29, 1.82) is 0 Å². The summed E-state index contributed by atoms with van der Waals surface area (Å²) in [7, 11) is 0. The summed E-state index contributed by atoms with van der Waals surface area (Å²) in [5.41, 5.74) is 7.10. The molecule has 1 aromatic carbocycles. The van der Waals surface area contributed by atoms with Crippen LogP contribution < -0.4 is 16.0 Å². The van der Waals surface area contributed by atoms with E-state index in [0.29, 0.717) is 13.1 Å². The van der Waals surface area contributed by atoms with E-state index in [2.05, 4.69) is 5.32 Å². The van der Waals surface area contributed by atoms with E-state index < -0.39 is 5.91 Å². The molecule has 0 radical (unpaired) electrons. The fourth-order valence-electron chi connectivity index (χ4n) is 2.22. The second-order valence-electron chi connectivity index (χ2n) is 5.67. The molecular weight excluding hydrogens is 302 g/mol. The lowest BCUT2D eigenvalue weighted by atomic mass is 10.2. The molecule has 0 unspecified atom stereocenters. The maximum Gasteiger partial charge on any atom is 0.240 e. The monoisotopic (exact) mass is 325 g/mol.